The molecule has 0 aliphatic heterocycles. The molecule has 3 atom stereocenters. The lowest BCUT2D eigenvalue weighted by Gasteiger charge is -2.30. The summed E-state index contributed by atoms with van der Waals surface area (Å²) in [7, 11) is 0. The highest BCUT2D eigenvalue weighted by Crippen LogP contribution is 2.36. The number of aliphatic hydroxyl groups is 1. The molecule has 1 saturated carbocycles. The van der Waals surface area contributed by atoms with E-state index in [9.17, 15) is 14.7 Å². The lowest BCUT2D eigenvalue weighted by atomic mass is 9.75. The van der Waals surface area contributed by atoms with Crippen LogP contribution in [0.5, 0.6) is 0 Å². The molecule has 6 nitrogen and oxygen atoms in total. The van der Waals surface area contributed by atoms with Crippen molar-refractivity contribution in [2.24, 2.45) is 5.92 Å². The minimum absolute atomic E-state index is 0.0371. The first-order chi connectivity index (χ1) is 15.5. The van der Waals surface area contributed by atoms with Crippen LogP contribution in [0.2, 0.25) is 0 Å². The zero-order valence-electron chi connectivity index (χ0n) is 17.6. The zero-order chi connectivity index (χ0) is 22.5. The van der Waals surface area contributed by atoms with Crippen molar-refractivity contribution < 1.29 is 29.0 Å². The van der Waals surface area contributed by atoms with E-state index in [1.54, 1.807) is 6.07 Å². The minimum Gasteiger partial charge on any atom is -0.475 e. The number of ether oxygens (including phenoxy) is 1. The first-order valence-electron chi connectivity index (χ1n) is 10.8. The van der Waals surface area contributed by atoms with Gasteiger partial charge in [-0.1, -0.05) is 54.6 Å². The molecule has 1 aliphatic carbocycles. The third-order valence-corrected chi connectivity index (χ3v) is 5.99. The number of hydrogen-bond acceptors (Lipinski definition) is 5. The standard InChI is InChI=1S/C26H26O6/c27-22-8-4-7-20(15-31-16-21-13-14-23(32-21)26(29)30)24(22)17-9-11-19(12-10-17)25(28)18-5-2-1-3-6-18/h1-3,5-6,9-14,20,24-25,28H,4,7-8,15-16H2,(H,29,30). The highest BCUT2D eigenvalue weighted by Gasteiger charge is 2.33. The number of carbonyl (C=O) groups is 2. The van der Waals surface area contributed by atoms with Gasteiger partial charge in [-0.2, -0.15) is 0 Å². The molecule has 1 heterocycles. The molecule has 166 valence electrons. The van der Waals surface area contributed by atoms with Gasteiger partial charge in [0.15, 0.2) is 0 Å². The maximum atomic E-state index is 12.8. The Kier molecular flexibility index (Phi) is 6.83. The fourth-order valence-corrected chi connectivity index (χ4v) is 4.36. The first kappa shape index (κ1) is 22.0. The van der Waals surface area contributed by atoms with E-state index < -0.39 is 12.1 Å². The van der Waals surface area contributed by atoms with Crippen molar-refractivity contribution >= 4 is 11.8 Å². The molecule has 0 saturated heterocycles. The second-order valence-electron chi connectivity index (χ2n) is 8.16. The Morgan fingerprint density at radius 2 is 1.75 bits per heavy atom. The van der Waals surface area contributed by atoms with Gasteiger partial charge >= 0.3 is 5.97 Å². The van der Waals surface area contributed by atoms with E-state index in [1.165, 1.54) is 6.07 Å². The molecule has 1 aromatic heterocycles. The van der Waals surface area contributed by atoms with Gasteiger partial charge in [-0.15, -0.1) is 0 Å². The normalized spacial score (nSPS) is 19.6. The van der Waals surface area contributed by atoms with Crippen molar-refractivity contribution in [3.63, 3.8) is 0 Å². The van der Waals surface area contributed by atoms with E-state index in [0.717, 1.165) is 29.5 Å². The molecule has 0 spiro atoms. The van der Waals surface area contributed by atoms with Crippen LogP contribution in [0.4, 0.5) is 0 Å². The largest absolute Gasteiger partial charge is 0.475 e. The number of hydrogen-bond donors (Lipinski definition) is 2. The number of furan rings is 1. The first-order valence-corrected chi connectivity index (χ1v) is 10.8. The molecule has 1 aliphatic rings. The van der Waals surface area contributed by atoms with Gasteiger partial charge in [0.2, 0.25) is 5.76 Å². The Balaban J connectivity index is 1.42. The fraction of sp³-hybridized carbons (Fsp3) is 0.308. The summed E-state index contributed by atoms with van der Waals surface area (Å²) in [5.41, 5.74) is 2.53. The topological polar surface area (TPSA) is 97.0 Å². The average molecular weight is 434 g/mol. The maximum absolute atomic E-state index is 12.8. The monoisotopic (exact) mass is 434 g/mol. The van der Waals surface area contributed by atoms with Gasteiger partial charge in [0.1, 0.15) is 24.3 Å². The van der Waals surface area contributed by atoms with Crippen LogP contribution in [0, 0.1) is 5.92 Å². The van der Waals surface area contributed by atoms with E-state index >= 15 is 0 Å². The van der Waals surface area contributed by atoms with E-state index in [1.807, 2.05) is 54.6 Å². The molecule has 3 unspecified atom stereocenters. The minimum atomic E-state index is -1.12. The third-order valence-electron chi connectivity index (χ3n) is 5.99. The number of carboxylic acids is 1. The maximum Gasteiger partial charge on any atom is 0.371 e. The second-order valence-corrected chi connectivity index (χ2v) is 8.16. The molecule has 0 amide bonds. The summed E-state index contributed by atoms with van der Waals surface area (Å²) in [6.07, 6.45) is 1.55. The number of aliphatic hydroxyl groups excluding tert-OH is 1. The average Bonchev–Trinajstić information content (AvgIpc) is 3.29. The van der Waals surface area contributed by atoms with E-state index in [4.69, 9.17) is 14.3 Å². The molecule has 1 fully saturated rings. The number of rotatable bonds is 8. The molecule has 32 heavy (non-hydrogen) atoms. The highest BCUT2D eigenvalue weighted by atomic mass is 16.5. The summed E-state index contributed by atoms with van der Waals surface area (Å²) in [4.78, 5) is 23.7. The lowest BCUT2D eigenvalue weighted by Crippen LogP contribution is -2.29. The van der Waals surface area contributed by atoms with Gasteiger partial charge < -0.3 is 19.4 Å². The van der Waals surface area contributed by atoms with E-state index in [2.05, 4.69) is 0 Å². The quantitative estimate of drug-likeness (QED) is 0.532. The fourth-order valence-electron chi connectivity index (χ4n) is 4.36. The van der Waals surface area contributed by atoms with Crippen LogP contribution in [-0.2, 0) is 16.1 Å². The molecule has 3 aromatic rings. The van der Waals surface area contributed by atoms with Crippen LogP contribution in [0.15, 0.2) is 71.1 Å². The van der Waals surface area contributed by atoms with Gasteiger partial charge in [0, 0.05) is 12.3 Å². The van der Waals surface area contributed by atoms with Crippen LogP contribution >= 0.6 is 0 Å². The van der Waals surface area contributed by atoms with Crippen molar-refractivity contribution in [1.82, 2.24) is 0 Å². The summed E-state index contributed by atoms with van der Waals surface area (Å²) in [5, 5.41) is 19.6. The zero-order valence-corrected chi connectivity index (χ0v) is 17.6. The van der Waals surface area contributed by atoms with Crippen molar-refractivity contribution in [2.45, 2.75) is 37.9 Å². The highest BCUT2D eigenvalue weighted by molar-refractivity contribution is 5.87. The Bertz CT molecular complexity index is 1050. The smallest absolute Gasteiger partial charge is 0.371 e. The predicted molar refractivity (Wildman–Crippen MR) is 117 cm³/mol. The summed E-state index contributed by atoms with van der Waals surface area (Å²) >= 11 is 0. The summed E-state index contributed by atoms with van der Waals surface area (Å²) < 4.78 is 11.0. The van der Waals surface area contributed by atoms with Crippen molar-refractivity contribution in [3.05, 3.63) is 94.9 Å². The number of Topliss-reactive ketones (excluding diaryl/α,β-unsaturated/α-hetero) is 1. The Morgan fingerprint density at radius 1 is 1.03 bits per heavy atom. The summed E-state index contributed by atoms with van der Waals surface area (Å²) in [6, 6.07) is 20.1. The second kappa shape index (κ2) is 9.94. The van der Waals surface area contributed by atoms with Crippen LogP contribution in [0.3, 0.4) is 0 Å². The van der Waals surface area contributed by atoms with Crippen molar-refractivity contribution in [2.75, 3.05) is 6.61 Å². The van der Waals surface area contributed by atoms with Crippen molar-refractivity contribution in [3.8, 4) is 0 Å². The molecule has 4 rings (SSSR count). The lowest BCUT2D eigenvalue weighted by molar-refractivity contribution is -0.124. The Hall–Kier alpha value is -3.22. The molecule has 2 aromatic carbocycles. The number of aromatic carboxylic acids is 1. The Morgan fingerprint density at radius 3 is 2.44 bits per heavy atom. The molecule has 0 bridgehead atoms. The Labute approximate surface area is 186 Å². The number of benzene rings is 2. The number of carbonyl (C=O) groups excluding carboxylic acids is 1. The van der Waals surface area contributed by atoms with Crippen LogP contribution in [-0.4, -0.2) is 28.6 Å². The molecule has 2 N–H and O–H groups in total. The van der Waals surface area contributed by atoms with Crippen LogP contribution in [0.1, 0.15) is 64.3 Å². The molecule has 6 heteroatoms. The number of ketones is 1. The van der Waals surface area contributed by atoms with E-state index in [0.29, 0.717) is 18.8 Å². The molecule has 0 radical (unpaired) electrons. The summed E-state index contributed by atoms with van der Waals surface area (Å²) in [5.74, 6) is -0.803. The van der Waals surface area contributed by atoms with E-state index in [-0.39, 0.29) is 30.0 Å². The molecular weight excluding hydrogens is 408 g/mol. The van der Waals surface area contributed by atoms with Gasteiger partial charge in [0.25, 0.3) is 0 Å². The number of carboxylic acid groups (broad SMARTS) is 1. The SMILES string of the molecule is O=C(O)c1ccc(COCC2CCCC(=O)C2c2ccc(C(O)c3ccccc3)cc2)o1. The summed E-state index contributed by atoms with van der Waals surface area (Å²) in [6.45, 7) is 0.542. The van der Waals surface area contributed by atoms with Crippen LogP contribution in [0.25, 0.3) is 0 Å². The third kappa shape index (κ3) is 4.98. The van der Waals surface area contributed by atoms with Gasteiger partial charge in [-0.25, -0.2) is 4.79 Å². The van der Waals surface area contributed by atoms with Crippen LogP contribution < -0.4 is 0 Å². The van der Waals surface area contributed by atoms with Crippen molar-refractivity contribution in [1.29, 1.82) is 0 Å². The molecular formula is C26H26O6. The predicted octanol–water partition coefficient (Wildman–Crippen LogP) is 4.73. The van der Waals surface area contributed by atoms with Gasteiger partial charge in [-0.3, -0.25) is 4.79 Å². The van der Waals surface area contributed by atoms with Gasteiger partial charge in [0.05, 0.1) is 6.61 Å². The van der Waals surface area contributed by atoms with Gasteiger partial charge in [-0.05, 0) is 47.6 Å².